The maximum Gasteiger partial charge on any atom is 0.249 e. The Hall–Kier alpha value is -1.47. The van der Waals surface area contributed by atoms with Gasteiger partial charge in [0.25, 0.3) is 0 Å². The SMILES string of the molecule is CCCCCCCCCCC/C=C/CC/C=C/CC/C=C/CCCC(O)C(O)C(CO)NC(=O)C(O)CCCCCCCCCCCC. The van der Waals surface area contributed by atoms with E-state index in [2.05, 4.69) is 55.6 Å². The molecule has 0 spiro atoms. The maximum absolute atomic E-state index is 12.4. The van der Waals surface area contributed by atoms with Crippen LogP contribution < -0.4 is 5.32 Å². The first-order chi connectivity index (χ1) is 23.5. The molecule has 0 aliphatic heterocycles. The molecule has 0 fully saturated rings. The van der Waals surface area contributed by atoms with Crippen molar-refractivity contribution in [2.75, 3.05) is 6.61 Å². The van der Waals surface area contributed by atoms with Crippen LogP contribution >= 0.6 is 0 Å². The summed E-state index contributed by atoms with van der Waals surface area (Å²) in [4.78, 5) is 12.4. The van der Waals surface area contributed by atoms with Gasteiger partial charge in [0.1, 0.15) is 12.2 Å². The van der Waals surface area contributed by atoms with Crippen LogP contribution in [0.25, 0.3) is 0 Å². The van der Waals surface area contributed by atoms with Gasteiger partial charge in [-0.25, -0.2) is 0 Å². The third kappa shape index (κ3) is 30.6. The highest BCUT2D eigenvalue weighted by Crippen LogP contribution is 2.14. The fourth-order valence-electron chi connectivity index (χ4n) is 6.02. The lowest BCUT2D eigenvalue weighted by atomic mass is 10.00. The first-order valence-corrected chi connectivity index (χ1v) is 20.4. The molecule has 6 nitrogen and oxygen atoms in total. The largest absolute Gasteiger partial charge is 0.394 e. The zero-order valence-electron chi connectivity index (χ0n) is 31.5. The van der Waals surface area contributed by atoms with Crippen molar-refractivity contribution in [2.24, 2.45) is 0 Å². The van der Waals surface area contributed by atoms with Crippen molar-refractivity contribution in [3.8, 4) is 0 Å². The molecule has 0 saturated carbocycles. The number of aliphatic hydroxyl groups is 4. The molecule has 5 N–H and O–H groups in total. The highest BCUT2D eigenvalue weighted by atomic mass is 16.3. The lowest BCUT2D eigenvalue weighted by Gasteiger charge is -2.27. The molecule has 0 aromatic rings. The third-order valence-corrected chi connectivity index (χ3v) is 9.31. The molecule has 0 aliphatic rings. The number of unbranched alkanes of at least 4 members (excludes halogenated alkanes) is 21. The molecule has 4 atom stereocenters. The molecular formula is C42H79NO5. The molecule has 0 bridgehead atoms. The molecule has 0 radical (unpaired) electrons. The summed E-state index contributed by atoms with van der Waals surface area (Å²) in [6, 6.07) is -1.01. The van der Waals surface area contributed by atoms with E-state index in [0.717, 1.165) is 51.4 Å². The number of nitrogens with one attached hydrogen (secondary N) is 1. The smallest absolute Gasteiger partial charge is 0.249 e. The van der Waals surface area contributed by atoms with Crippen LogP contribution in [0.2, 0.25) is 0 Å². The van der Waals surface area contributed by atoms with E-state index in [1.165, 1.54) is 109 Å². The summed E-state index contributed by atoms with van der Waals surface area (Å²) in [6.45, 7) is 4.00. The van der Waals surface area contributed by atoms with Crippen molar-refractivity contribution in [3.05, 3.63) is 36.5 Å². The van der Waals surface area contributed by atoms with Crippen LogP contribution in [0.5, 0.6) is 0 Å². The van der Waals surface area contributed by atoms with Crippen LogP contribution in [-0.4, -0.2) is 57.3 Å². The van der Waals surface area contributed by atoms with E-state index >= 15 is 0 Å². The molecular weight excluding hydrogens is 598 g/mol. The summed E-state index contributed by atoms with van der Waals surface area (Å²) in [6.07, 6.45) is 41.8. The molecule has 0 aromatic carbocycles. The molecule has 0 aromatic heterocycles. The number of hydrogen-bond acceptors (Lipinski definition) is 5. The molecule has 6 heteroatoms. The Bertz CT molecular complexity index is 767. The second kappa shape index (κ2) is 36.8. The van der Waals surface area contributed by atoms with Gasteiger partial charge in [0.15, 0.2) is 0 Å². The summed E-state index contributed by atoms with van der Waals surface area (Å²) in [5.41, 5.74) is 0. The number of carbonyl (C=O) groups excluding carboxylic acids is 1. The normalized spacial score (nSPS) is 14.7. The van der Waals surface area contributed by atoms with Crippen LogP contribution in [0.4, 0.5) is 0 Å². The van der Waals surface area contributed by atoms with Crippen molar-refractivity contribution in [2.45, 2.75) is 218 Å². The molecule has 0 rings (SSSR count). The molecule has 282 valence electrons. The highest BCUT2D eigenvalue weighted by Gasteiger charge is 2.28. The molecule has 0 saturated heterocycles. The molecule has 0 aliphatic carbocycles. The Morgan fingerprint density at radius 3 is 1.31 bits per heavy atom. The third-order valence-electron chi connectivity index (χ3n) is 9.31. The van der Waals surface area contributed by atoms with Crippen LogP contribution in [0.3, 0.4) is 0 Å². The van der Waals surface area contributed by atoms with Crippen molar-refractivity contribution in [1.29, 1.82) is 0 Å². The van der Waals surface area contributed by atoms with Crippen LogP contribution in [-0.2, 0) is 4.79 Å². The van der Waals surface area contributed by atoms with Gasteiger partial charge < -0.3 is 25.7 Å². The van der Waals surface area contributed by atoms with E-state index in [9.17, 15) is 25.2 Å². The second-order valence-corrected chi connectivity index (χ2v) is 14.0. The zero-order chi connectivity index (χ0) is 35.3. The van der Waals surface area contributed by atoms with Gasteiger partial charge in [-0.1, -0.05) is 166 Å². The second-order valence-electron chi connectivity index (χ2n) is 14.0. The predicted molar refractivity (Wildman–Crippen MR) is 205 cm³/mol. The van der Waals surface area contributed by atoms with E-state index in [1.54, 1.807) is 0 Å². The Kier molecular flexibility index (Phi) is 35.7. The monoisotopic (exact) mass is 678 g/mol. The highest BCUT2D eigenvalue weighted by molar-refractivity contribution is 5.80. The van der Waals surface area contributed by atoms with Crippen LogP contribution in [0.15, 0.2) is 36.5 Å². The van der Waals surface area contributed by atoms with Crippen molar-refractivity contribution >= 4 is 5.91 Å². The molecule has 1 amide bonds. The first kappa shape index (κ1) is 46.5. The summed E-state index contributed by atoms with van der Waals surface area (Å²) in [7, 11) is 0. The van der Waals surface area contributed by atoms with Gasteiger partial charge in [-0.15, -0.1) is 0 Å². The molecule has 0 heterocycles. The number of allylic oxidation sites excluding steroid dienone is 6. The van der Waals surface area contributed by atoms with Crippen molar-refractivity contribution < 1.29 is 25.2 Å². The van der Waals surface area contributed by atoms with Crippen LogP contribution in [0.1, 0.15) is 194 Å². The first-order valence-electron chi connectivity index (χ1n) is 20.4. The number of amides is 1. The lowest BCUT2D eigenvalue weighted by molar-refractivity contribution is -0.132. The summed E-state index contributed by atoms with van der Waals surface area (Å²) in [5.74, 6) is -0.603. The summed E-state index contributed by atoms with van der Waals surface area (Å²) in [5, 5.41) is 43.4. The topological polar surface area (TPSA) is 110 Å². The molecule has 4 unspecified atom stereocenters. The minimum atomic E-state index is -1.29. The van der Waals surface area contributed by atoms with E-state index in [0.29, 0.717) is 19.3 Å². The Labute approximate surface area is 297 Å². The standard InChI is InChI=1S/C42H79NO5/c1-3-5-7-9-11-13-15-16-17-18-19-20-21-22-23-24-25-26-28-29-31-33-35-39(45)41(47)38(37-44)43-42(48)40(46)36-34-32-30-27-14-12-10-8-6-4-2/h19-20,23-24,28-29,38-41,44-47H,3-18,21-22,25-27,30-37H2,1-2H3,(H,43,48)/b20-19+,24-23+,29-28+. The van der Waals surface area contributed by atoms with E-state index < -0.39 is 36.9 Å². The minimum absolute atomic E-state index is 0.359. The van der Waals surface area contributed by atoms with E-state index in [4.69, 9.17) is 0 Å². The average Bonchev–Trinajstić information content (AvgIpc) is 3.09. The predicted octanol–water partition coefficient (Wildman–Crippen LogP) is 10.2. The quantitative estimate of drug-likeness (QED) is 0.0335. The van der Waals surface area contributed by atoms with Gasteiger partial charge >= 0.3 is 0 Å². The van der Waals surface area contributed by atoms with Gasteiger partial charge in [0.2, 0.25) is 5.91 Å². The Balaban J connectivity index is 3.84. The van der Waals surface area contributed by atoms with Gasteiger partial charge in [-0.2, -0.15) is 0 Å². The number of aliphatic hydroxyl groups excluding tert-OH is 4. The van der Waals surface area contributed by atoms with Crippen molar-refractivity contribution in [1.82, 2.24) is 5.32 Å². The van der Waals surface area contributed by atoms with E-state index in [1.807, 2.05) is 0 Å². The lowest BCUT2D eigenvalue weighted by Crippen LogP contribution is -2.53. The number of carbonyl (C=O) groups is 1. The van der Waals surface area contributed by atoms with Gasteiger partial charge in [0.05, 0.1) is 18.8 Å². The van der Waals surface area contributed by atoms with Crippen molar-refractivity contribution in [3.63, 3.8) is 0 Å². The zero-order valence-corrected chi connectivity index (χ0v) is 31.5. The fourth-order valence-corrected chi connectivity index (χ4v) is 6.02. The number of rotatable bonds is 36. The molecule has 48 heavy (non-hydrogen) atoms. The van der Waals surface area contributed by atoms with Gasteiger partial charge in [-0.3, -0.25) is 4.79 Å². The average molecular weight is 678 g/mol. The van der Waals surface area contributed by atoms with Gasteiger partial charge in [-0.05, 0) is 64.2 Å². The summed E-state index contributed by atoms with van der Waals surface area (Å²) >= 11 is 0. The van der Waals surface area contributed by atoms with Gasteiger partial charge in [0, 0.05) is 0 Å². The maximum atomic E-state index is 12.4. The minimum Gasteiger partial charge on any atom is -0.394 e. The van der Waals surface area contributed by atoms with Crippen LogP contribution in [0, 0.1) is 0 Å². The Morgan fingerprint density at radius 1 is 0.500 bits per heavy atom. The summed E-state index contributed by atoms with van der Waals surface area (Å²) < 4.78 is 0. The Morgan fingerprint density at radius 2 is 0.875 bits per heavy atom. The number of hydrogen-bond donors (Lipinski definition) is 5. The van der Waals surface area contributed by atoms with E-state index in [-0.39, 0.29) is 0 Å². The fraction of sp³-hybridized carbons (Fsp3) is 0.833.